The van der Waals surface area contributed by atoms with E-state index in [-0.39, 0.29) is 11.8 Å². The Morgan fingerprint density at radius 1 is 1.12 bits per heavy atom. The van der Waals surface area contributed by atoms with Crippen molar-refractivity contribution in [1.29, 1.82) is 0 Å². The minimum absolute atomic E-state index is 0.125. The number of rotatable bonds is 4. The lowest BCUT2D eigenvalue weighted by molar-refractivity contribution is -0.120. The highest BCUT2D eigenvalue weighted by Crippen LogP contribution is 2.26. The number of hydrogen-bond acceptors (Lipinski definition) is 3. The summed E-state index contributed by atoms with van der Waals surface area (Å²) in [5.74, 6) is 1.03. The molecule has 1 aromatic carbocycles. The smallest absolute Gasteiger partial charge is 0.227 e. The van der Waals surface area contributed by atoms with Gasteiger partial charge in [-0.15, -0.1) is 0 Å². The topological polar surface area (TPSA) is 54.0 Å². The molecule has 5 heteroatoms. The normalized spacial score (nSPS) is 15.1. The number of carbonyl (C=O) groups is 1. The number of halogens is 1. The van der Waals surface area contributed by atoms with Gasteiger partial charge in [-0.3, -0.25) is 4.79 Å². The van der Waals surface area contributed by atoms with E-state index in [1.165, 1.54) is 12.0 Å². The van der Waals surface area contributed by atoms with Crippen molar-refractivity contribution >= 4 is 39.0 Å². The number of carbonyl (C=O) groups excluding carboxylic acids is 1. The van der Waals surface area contributed by atoms with Gasteiger partial charge >= 0.3 is 0 Å². The zero-order chi connectivity index (χ0) is 16.9. The van der Waals surface area contributed by atoms with Crippen LogP contribution in [0.1, 0.15) is 37.7 Å². The van der Waals surface area contributed by atoms with Gasteiger partial charge in [-0.1, -0.05) is 41.3 Å². The molecule has 24 heavy (non-hydrogen) atoms. The molecule has 0 saturated heterocycles. The van der Waals surface area contributed by atoms with E-state index in [0.29, 0.717) is 0 Å². The second-order valence-electron chi connectivity index (χ2n) is 6.35. The van der Waals surface area contributed by atoms with Crippen molar-refractivity contribution in [1.82, 2.24) is 4.98 Å². The number of anilines is 3. The summed E-state index contributed by atoms with van der Waals surface area (Å²) in [6.07, 6.45) is 7.27. The second-order valence-corrected chi connectivity index (χ2v) is 7.20. The zero-order valence-corrected chi connectivity index (χ0v) is 15.4. The van der Waals surface area contributed by atoms with Crippen molar-refractivity contribution in [2.24, 2.45) is 5.92 Å². The van der Waals surface area contributed by atoms with E-state index < -0.39 is 0 Å². The summed E-state index contributed by atoms with van der Waals surface area (Å²) >= 11 is 3.53. The van der Waals surface area contributed by atoms with Crippen LogP contribution in [0.5, 0.6) is 0 Å². The van der Waals surface area contributed by atoms with Crippen LogP contribution in [-0.4, -0.2) is 10.9 Å². The van der Waals surface area contributed by atoms with Crippen LogP contribution in [-0.2, 0) is 4.79 Å². The summed E-state index contributed by atoms with van der Waals surface area (Å²) in [7, 11) is 0. The Bertz CT molecular complexity index is 709. The first-order valence-electron chi connectivity index (χ1n) is 8.42. The van der Waals surface area contributed by atoms with Gasteiger partial charge in [0.2, 0.25) is 5.91 Å². The van der Waals surface area contributed by atoms with Crippen molar-refractivity contribution in [3.05, 3.63) is 46.6 Å². The van der Waals surface area contributed by atoms with Crippen molar-refractivity contribution in [3.63, 3.8) is 0 Å². The number of aryl methyl sites for hydroxylation is 1. The Morgan fingerprint density at radius 2 is 1.88 bits per heavy atom. The molecule has 2 N–H and O–H groups in total. The fraction of sp³-hybridized carbons (Fsp3) is 0.368. The van der Waals surface area contributed by atoms with Crippen LogP contribution in [0, 0.1) is 12.8 Å². The number of nitrogens with one attached hydrogen (secondary N) is 2. The van der Waals surface area contributed by atoms with Gasteiger partial charge in [0, 0.05) is 16.1 Å². The molecule has 1 aromatic heterocycles. The standard InChI is InChI=1S/C19H22BrN3O/c1-13-7-8-15(11-17(13)20)22-18-10-9-16(12-21-18)23-19(24)14-5-3-2-4-6-14/h7-12,14H,2-6H2,1H3,(H,21,22)(H,23,24). The highest BCUT2D eigenvalue weighted by molar-refractivity contribution is 9.10. The lowest BCUT2D eigenvalue weighted by Crippen LogP contribution is -2.24. The molecule has 126 valence electrons. The number of benzene rings is 1. The highest BCUT2D eigenvalue weighted by Gasteiger charge is 2.21. The van der Waals surface area contributed by atoms with Gasteiger partial charge in [0.05, 0.1) is 11.9 Å². The first-order chi connectivity index (χ1) is 11.6. The van der Waals surface area contributed by atoms with Crippen LogP contribution in [0.3, 0.4) is 0 Å². The maximum Gasteiger partial charge on any atom is 0.227 e. The number of aromatic nitrogens is 1. The fourth-order valence-electron chi connectivity index (χ4n) is 2.97. The quantitative estimate of drug-likeness (QED) is 0.736. The van der Waals surface area contributed by atoms with Gasteiger partial charge in [-0.2, -0.15) is 0 Å². The van der Waals surface area contributed by atoms with Crippen molar-refractivity contribution in [2.75, 3.05) is 10.6 Å². The van der Waals surface area contributed by atoms with Crippen LogP contribution in [0.25, 0.3) is 0 Å². The maximum absolute atomic E-state index is 12.3. The van der Waals surface area contributed by atoms with Crippen LogP contribution in [0.15, 0.2) is 41.0 Å². The Balaban J connectivity index is 1.60. The van der Waals surface area contributed by atoms with E-state index in [2.05, 4.69) is 38.5 Å². The molecule has 0 bridgehead atoms. The van der Waals surface area contributed by atoms with Gasteiger partial charge < -0.3 is 10.6 Å². The van der Waals surface area contributed by atoms with E-state index in [1.54, 1.807) is 6.20 Å². The first-order valence-corrected chi connectivity index (χ1v) is 9.21. The van der Waals surface area contributed by atoms with Gasteiger partial charge in [-0.05, 0) is 49.6 Å². The van der Waals surface area contributed by atoms with E-state index in [0.717, 1.165) is 47.3 Å². The zero-order valence-electron chi connectivity index (χ0n) is 13.8. The number of hydrogen-bond donors (Lipinski definition) is 2. The Kier molecular flexibility index (Phi) is 5.51. The molecule has 4 nitrogen and oxygen atoms in total. The molecule has 1 amide bonds. The third-order valence-electron chi connectivity index (χ3n) is 4.45. The Labute approximate surface area is 151 Å². The summed E-state index contributed by atoms with van der Waals surface area (Å²) in [5, 5.41) is 6.24. The number of pyridine rings is 1. The third kappa shape index (κ3) is 4.35. The first kappa shape index (κ1) is 17.0. The van der Waals surface area contributed by atoms with E-state index >= 15 is 0 Å². The predicted molar refractivity (Wildman–Crippen MR) is 102 cm³/mol. The Hall–Kier alpha value is -1.88. The molecule has 0 spiro atoms. The van der Waals surface area contributed by atoms with E-state index in [9.17, 15) is 4.79 Å². The van der Waals surface area contributed by atoms with Gasteiger partial charge in [0.15, 0.2) is 0 Å². The molecule has 0 atom stereocenters. The highest BCUT2D eigenvalue weighted by atomic mass is 79.9. The molecule has 1 saturated carbocycles. The number of amides is 1. The van der Waals surface area contributed by atoms with E-state index in [1.807, 2.05) is 30.3 Å². The number of nitrogens with zero attached hydrogens (tertiary/aromatic N) is 1. The van der Waals surface area contributed by atoms with Crippen LogP contribution >= 0.6 is 15.9 Å². The van der Waals surface area contributed by atoms with Crippen LogP contribution < -0.4 is 10.6 Å². The molecule has 1 aliphatic carbocycles. The minimum atomic E-state index is 0.125. The van der Waals surface area contributed by atoms with Gasteiger partial charge in [0.1, 0.15) is 5.82 Å². The van der Waals surface area contributed by atoms with Crippen molar-refractivity contribution in [2.45, 2.75) is 39.0 Å². The fourth-order valence-corrected chi connectivity index (χ4v) is 3.35. The lowest BCUT2D eigenvalue weighted by atomic mass is 9.88. The summed E-state index contributed by atoms with van der Waals surface area (Å²) in [5.41, 5.74) is 2.91. The molecule has 2 aromatic rings. The summed E-state index contributed by atoms with van der Waals surface area (Å²) in [6, 6.07) is 9.85. The molecule has 3 rings (SSSR count). The summed E-state index contributed by atoms with van der Waals surface area (Å²) in [6.45, 7) is 2.05. The third-order valence-corrected chi connectivity index (χ3v) is 5.31. The lowest BCUT2D eigenvalue weighted by Gasteiger charge is -2.20. The summed E-state index contributed by atoms with van der Waals surface area (Å²) in [4.78, 5) is 16.6. The minimum Gasteiger partial charge on any atom is -0.340 e. The average Bonchev–Trinajstić information content (AvgIpc) is 2.61. The molecule has 1 aliphatic rings. The van der Waals surface area contributed by atoms with Crippen molar-refractivity contribution in [3.8, 4) is 0 Å². The molecule has 0 aliphatic heterocycles. The molecule has 0 radical (unpaired) electrons. The van der Waals surface area contributed by atoms with Gasteiger partial charge in [0.25, 0.3) is 0 Å². The monoisotopic (exact) mass is 387 g/mol. The molecular formula is C19H22BrN3O. The maximum atomic E-state index is 12.3. The molecule has 0 unspecified atom stereocenters. The SMILES string of the molecule is Cc1ccc(Nc2ccc(NC(=O)C3CCCCC3)cn2)cc1Br. The largest absolute Gasteiger partial charge is 0.340 e. The van der Waals surface area contributed by atoms with Crippen LogP contribution in [0.2, 0.25) is 0 Å². The summed E-state index contributed by atoms with van der Waals surface area (Å²) < 4.78 is 1.06. The molecule has 1 fully saturated rings. The molecular weight excluding hydrogens is 366 g/mol. The van der Waals surface area contributed by atoms with E-state index in [4.69, 9.17) is 0 Å². The molecule has 1 heterocycles. The van der Waals surface area contributed by atoms with Crippen molar-refractivity contribution < 1.29 is 4.79 Å². The second kappa shape index (κ2) is 7.79. The average molecular weight is 388 g/mol. The Morgan fingerprint density at radius 3 is 2.54 bits per heavy atom. The van der Waals surface area contributed by atoms with Crippen LogP contribution in [0.4, 0.5) is 17.2 Å². The predicted octanol–water partition coefficient (Wildman–Crippen LogP) is 5.41. The van der Waals surface area contributed by atoms with Gasteiger partial charge in [-0.25, -0.2) is 4.98 Å².